The number of carboxylic acids is 1. The molecular weight excluding hydrogens is 217 g/mol. The quantitative estimate of drug-likeness (QED) is 0.740. The van der Waals surface area contributed by atoms with Crippen molar-refractivity contribution in [2.45, 2.75) is 0 Å². The standard InChI is InChI=1S/C9H6FN3O3/c10-6-2-1-4(11)3-5(6)8-12-7(9(14)15)13-16-8/h1-3H,11H2,(H,14,15). The minimum Gasteiger partial charge on any atom is -0.475 e. The number of hydrogen-bond acceptors (Lipinski definition) is 5. The van der Waals surface area contributed by atoms with Gasteiger partial charge < -0.3 is 15.4 Å². The van der Waals surface area contributed by atoms with E-state index < -0.39 is 17.6 Å². The van der Waals surface area contributed by atoms with Gasteiger partial charge in [-0.2, -0.15) is 4.98 Å². The molecule has 0 radical (unpaired) electrons. The second-order valence-corrected chi connectivity index (χ2v) is 2.97. The van der Waals surface area contributed by atoms with Gasteiger partial charge in [0, 0.05) is 5.69 Å². The lowest BCUT2D eigenvalue weighted by Crippen LogP contribution is -1.98. The zero-order chi connectivity index (χ0) is 11.7. The molecule has 2 aromatic rings. The zero-order valence-corrected chi connectivity index (χ0v) is 7.85. The van der Waals surface area contributed by atoms with Gasteiger partial charge in [-0.3, -0.25) is 0 Å². The molecule has 6 nitrogen and oxygen atoms in total. The van der Waals surface area contributed by atoms with Crippen molar-refractivity contribution in [1.82, 2.24) is 10.1 Å². The number of nitrogens with two attached hydrogens (primary N) is 1. The molecule has 0 atom stereocenters. The van der Waals surface area contributed by atoms with E-state index in [1.165, 1.54) is 12.1 Å². The first kappa shape index (κ1) is 10.1. The van der Waals surface area contributed by atoms with E-state index >= 15 is 0 Å². The third-order valence-electron chi connectivity index (χ3n) is 1.84. The van der Waals surface area contributed by atoms with Crippen LogP contribution in [0.5, 0.6) is 0 Å². The van der Waals surface area contributed by atoms with Crippen LogP contribution in [0, 0.1) is 5.82 Å². The van der Waals surface area contributed by atoms with Gasteiger partial charge in [0.25, 0.3) is 11.7 Å². The van der Waals surface area contributed by atoms with E-state index in [1.807, 2.05) is 0 Å². The Morgan fingerprint density at radius 3 is 2.88 bits per heavy atom. The fourth-order valence-electron chi connectivity index (χ4n) is 1.13. The fourth-order valence-corrected chi connectivity index (χ4v) is 1.13. The molecule has 1 aromatic carbocycles. The topological polar surface area (TPSA) is 102 Å². The number of hydrogen-bond donors (Lipinski definition) is 2. The SMILES string of the molecule is Nc1ccc(F)c(-c2nc(C(=O)O)no2)c1. The number of halogens is 1. The Kier molecular flexibility index (Phi) is 2.28. The van der Waals surface area contributed by atoms with Crippen molar-refractivity contribution >= 4 is 11.7 Å². The minimum absolute atomic E-state index is 0.0278. The van der Waals surface area contributed by atoms with Crippen LogP contribution in [-0.2, 0) is 0 Å². The van der Waals surface area contributed by atoms with Crippen LogP contribution in [-0.4, -0.2) is 21.2 Å². The molecule has 0 saturated heterocycles. The largest absolute Gasteiger partial charge is 0.475 e. The summed E-state index contributed by atoms with van der Waals surface area (Å²) in [5.74, 6) is -2.71. The summed E-state index contributed by atoms with van der Waals surface area (Å²) in [6.07, 6.45) is 0. The highest BCUT2D eigenvalue weighted by molar-refractivity contribution is 5.83. The first-order chi connectivity index (χ1) is 7.58. The molecule has 16 heavy (non-hydrogen) atoms. The summed E-state index contributed by atoms with van der Waals surface area (Å²) in [6, 6.07) is 3.79. The Balaban J connectivity index is 2.50. The summed E-state index contributed by atoms with van der Waals surface area (Å²) in [5.41, 5.74) is 5.74. The Morgan fingerprint density at radius 1 is 1.50 bits per heavy atom. The lowest BCUT2D eigenvalue weighted by molar-refractivity contribution is 0.0680. The van der Waals surface area contributed by atoms with Gasteiger partial charge in [0.1, 0.15) is 5.82 Å². The number of rotatable bonds is 2. The number of carboxylic acid groups (broad SMARTS) is 1. The predicted molar refractivity (Wildman–Crippen MR) is 51.1 cm³/mol. The molecular formula is C9H6FN3O3. The molecule has 82 valence electrons. The van der Waals surface area contributed by atoms with E-state index in [0.717, 1.165) is 6.07 Å². The molecule has 3 N–H and O–H groups in total. The molecule has 0 spiro atoms. The van der Waals surface area contributed by atoms with Crippen LogP contribution in [0.25, 0.3) is 11.5 Å². The molecule has 0 amide bonds. The molecule has 0 aliphatic heterocycles. The highest BCUT2D eigenvalue weighted by atomic mass is 19.1. The third kappa shape index (κ3) is 1.70. The summed E-state index contributed by atoms with van der Waals surface area (Å²) in [5, 5.41) is 11.7. The van der Waals surface area contributed by atoms with E-state index in [4.69, 9.17) is 10.8 Å². The first-order valence-corrected chi connectivity index (χ1v) is 4.20. The Morgan fingerprint density at radius 2 is 2.25 bits per heavy atom. The maximum Gasteiger partial charge on any atom is 0.377 e. The lowest BCUT2D eigenvalue weighted by atomic mass is 10.2. The number of nitrogen functional groups attached to an aromatic ring is 1. The summed E-state index contributed by atoms with van der Waals surface area (Å²) in [6.45, 7) is 0. The Bertz CT molecular complexity index is 553. The average molecular weight is 223 g/mol. The molecule has 0 bridgehead atoms. The predicted octanol–water partition coefficient (Wildman–Crippen LogP) is 1.16. The van der Waals surface area contributed by atoms with Crippen molar-refractivity contribution in [3.8, 4) is 11.5 Å². The van der Waals surface area contributed by atoms with Gasteiger partial charge in [-0.1, -0.05) is 0 Å². The minimum atomic E-state index is -1.35. The van der Waals surface area contributed by atoms with Gasteiger partial charge in [-0.25, -0.2) is 9.18 Å². The number of carbonyl (C=O) groups is 1. The van der Waals surface area contributed by atoms with Crippen LogP contribution >= 0.6 is 0 Å². The normalized spacial score (nSPS) is 10.3. The molecule has 1 heterocycles. The highest BCUT2D eigenvalue weighted by Gasteiger charge is 2.17. The number of anilines is 1. The van der Waals surface area contributed by atoms with E-state index in [-0.39, 0.29) is 11.5 Å². The van der Waals surface area contributed by atoms with Crippen molar-refractivity contribution in [3.63, 3.8) is 0 Å². The number of benzene rings is 1. The monoisotopic (exact) mass is 223 g/mol. The number of nitrogens with zero attached hydrogens (tertiary/aromatic N) is 2. The van der Waals surface area contributed by atoms with Crippen LogP contribution in [0.4, 0.5) is 10.1 Å². The lowest BCUT2D eigenvalue weighted by Gasteiger charge is -1.98. The molecule has 0 aliphatic carbocycles. The third-order valence-corrected chi connectivity index (χ3v) is 1.84. The van der Waals surface area contributed by atoms with E-state index in [1.54, 1.807) is 0 Å². The van der Waals surface area contributed by atoms with E-state index in [2.05, 4.69) is 14.7 Å². The van der Waals surface area contributed by atoms with Gasteiger partial charge in [0.15, 0.2) is 0 Å². The second kappa shape index (κ2) is 3.61. The maximum atomic E-state index is 13.3. The smallest absolute Gasteiger partial charge is 0.377 e. The van der Waals surface area contributed by atoms with Crippen LogP contribution in [0.2, 0.25) is 0 Å². The molecule has 7 heteroatoms. The molecule has 2 rings (SSSR count). The Hall–Kier alpha value is -2.44. The molecule has 0 aliphatic rings. The number of aromatic nitrogens is 2. The summed E-state index contributed by atoms with van der Waals surface area (Å²) < 4.78 is 17.9. The van der Waals surface area contributed by atoms with Crippen LogP contribution in [0.15, 0.2) is 22.7 Å². The summed E-state index contributed by atoms with van der Waals surface area (Å²) in [7, 11) is 0. The van der Waals surface area contributed by atoms with Crippen molar-refractivity contribution in [2.75, 3.05) is 5.73 Å². The molecule has 1 aromatic heterocycles. The van der Waals surface area contributed by atoms with Crippen LogP contribution < -0.4 is 5.73 Å². The van der Waals surface area contributed by atoms with E-state index in [9.17, 15) is 9.18 Å². The summed E-state index contributed by atoms with van der Waals surface area (Å²) in [4.78, 5) is 14.0. The zero-order valence-electron chi connectivity index (χ0n) is 7.85. The fraction of sp³-hybridized carbons (Fsp3) is 0. The van der Waals surface area contributed by atoms with Crippen molar-refractivity contribution in [3.05, 3.63) is 29.8 Å². The van der Waals surface area contributed by atoms with Crippen molar-refractivity contribution < 1.29 is 18.8 Å². The first-order valence-electron chi connectivity index (χ1n) is 4.20. The number of aromatic carboxylic acids is 1. The molecule has 0 unspecified atom stereocenters. The van der Waals surface area contributed by atoms with Crippen molar-refractivity contribution in [2.24, 2.45) is 0 Å². The molecule has 0 saturated carbocycles. The van der Waals surface area contributed by atoms with E-state index in [0.29, 0.717) is 5.69 Å². The van der Waals surface area contributed by atoms with Crippen molar-refractivity contribution in [1.29, 1.82) is 0 Å². The van der Waals surface area contributed by atoms with Gasteiger partial charge in [-0.05, 0) is 23.4 Å². The summed E-state index contributed by atoms with van der Waals surface area (Å²) >= 11 is 0. The highest BCUT2D eigenvalue weighted by Crippen LogP contribution is 2.23. The van der Waals surface area contributed by atoms with Gasteiger partial charge in [0.2, 0.25) is 0 Å². The van der Waals surface area contributed by atoms with Gasteiger partial charge in [-0.15, -0.1) is 0 Å². The van der Waals surface area contributed by atoms with Crippen LogP contribution in [0.1, 0.15) is 10.6 Å². The second-order valence-electron chi connectivity index (χ2n) is 2.97. The average Bonchev–Trinajstić information content (AvgIpc) is 2.70. The van der Waals surface area contributed by atoms with Gasteiger partial charge in [0.05, 0.1) is 5.56 Å². The Labute approximate surface area is 88.5 Å². The molecule has 0 fully saturated rings. The van der Waals surface area contributed by atoms with Crippen LogP contribution in [0.3, 0.4) is 0 Å². The maximum absolute atomic E-state index is 13.3. The van der Waals surface area contributed by atoms with Gasteiger partial charge >= 0.3 is 5.97 Å².